The standard InChI is InChI=1S/C23H27Cl2N3O2/c1-27(2)21(19-7-3-4-8-20(19)25)14-26-22(29)17-6-5-13-28(15-17)23(30)16-9-11-18(24)12-10-16/h3-4,7-12,17,21H,5-6,13-15H2,1-2H3,(H,26,29). The van der Waals surface area contributed by atoms with Crippen LogP contribution in [0.5, 0.6) is 0 Å². The minimum Gasteiger partial charge on any atom is -0.354 e. The van der Waals surface area contributed by atoms with E-state index in [1.54, 1.807) is 29.2 Å². The summed E-state index contributed by atoms with van der Waals surface area (Å²) in [6.07, 6.45) is 1.58. The first-order valence-electron chi connectivity index (χ1n) is 10.1. The third-order valence-corrected chi connectivity index (χ3v) is 6.12. The Balaban J connectivity index is 1.61. The summed E-state index contributed by atoms with van der Waals surface area (Å²) in [6.45, 7) is 1.54. The van der Waals surface area contributed by atoms with E-state index in [-0.39, 0.29) is 23.8 Å². The molecule has 1 aliphatic rings. The number of halogens is 2. The number of carbonyl (C=O) groups is 2. The van der Waals surface area contributed by atoms with Crippen molar-refractivity contribution in [1.29, 1.82) is 0 Å². The highest BCUT2D eigenvalue weighted by atomic mass is 35.5. The molecule has 0 aliphatic carbocycles. The number of nitrogens with zero attached hydrogens (tertiary/aromatic N) is 2. The maximum Gasteiger partial charge on any atom is 0.253 e. The van der Waals surface area contributed by atoms with Crippen molar-refractivity contribution < 1.29 is 9.59 Å². The molecule has 1 saturated heterocycles. The van der Waals surface area contributed by atoms with Gasteiger partial charge in [-0.2, -0.15) is 0 Å². The van der Waals surface area contributed by atoms with E-state index in [4.69, 9.17) is 23.2 Å². The maximum atomic E-state index is 12.9. The topological polar surface area (TPSA) is 52.7 Å². The van der Waals surface area contributed by atoms with E-state index in [0.29, 0.717) is 35.2 Å². The Hall–Kier alpha value is -2.08. The number of rotatable bonds is 6. The molecule has 1 heterocycles. The molecule has 2 aromatic rings. The van der Waals surface area contributed by atoms with Gasteiger partial charge in [-0.05, 0) is 62.8 Å². The zero-order valence-corrected chi connectivity index (χ0v) is 18.8. The molecule has 1 fully saturated rings. The van der Waals surface area contributed by atoms with E-state index in [1.165, 1.54) is 0 Å². The summed E-state index contributed by atoms with van der Waals surface area (Å²) >= 11 is 12.3. The molecule has 2 amide bonds. The number of nitrogens with one attached hydrogen (secondary N) is 1. The summed E-state index contributed by atoms with van der Waals surface area (Å²) in [4.78, 5) is 29.5. The number of benzene rings is 2. The number of amides is 2. The molecule has 2 atom stereocenters. The van der Waals surface area contributed by atoms with Gasteiger partial charge in [-0.1, -0.05) is 41.4 Å². The fourth-order valence-corrected chi connectivity index (χ4v) is 4.20. The van der Waals surface area contributed by atoms with Gasteiger partial charge in [0.1, 0.15) is 0 Å². The Labute approximate surface area is 187 Å². The van der Waals surface area contributed by atoms with E-state index in [0.717, 1.165) is 18.4 Å². The van der Waals surface area contributed by atoms with Gasteiger partial charge in [0.05, 0.1) is 12.0 Å². The smallest absolute Gasteiger partial charge is 0.253 e. The zero-order chi connectivity index (χ0) is 21.7. The van der Waals surface area contributed by atoms with Crippen LogP contribution in [-0.2, 0) is 4.79 Å². The molecule has 0 aromatic heterocycles. The summed E-state index contributed by atoms with van der Waals surface area (Å²) in [5, 5.41) is 4.35. The Kier molecular flexibility index (Phi) is 7.75. The van der Waals surface area contributed by atoms with Crippen LogP contribution in [0.3, 0.4) is 0 Å². The lowest BCUT2D eigenvalue weighted by molar-refractivity contribution is -0.126. The zero-order valence-electron chi connectivity index (χ0n) is 17.3. The minimum atomic E-state index is -0.218. The van der Waals surface area contributed by atoms with Crippen molar-refractivity contribution in [3.05, 3.63) is 69.7 Å². The number of carbonyl (C=O) groups excluding carboxylic acids is 2. The van der Waals surface area contributed by atoms with Gasteiger partial charge in [-0.25, -0.2) is 0 Å². The van der Waals surface area contributed by atoms with E-state index in [2.05, 4.69) is 5.32 Å². The third-order valence-electron chi connectivity index (χ3n) is 5.53. The molecule has 2 aromatic carbocycles. The average Bonchev–Trinajstić information content (AvgIpc) is 2.75. The van der Waals surface area contributed by atoms with Gasteiger partial charge in [0.15, 0.2) is 0 Å². The molecule has 7 heteroatoms. The van der Waals surface area contributed by atoms with Gasteiger partial charge >= 0.3 is 0 Å². The predicted octanol–water partition coefficient (Wildman–Crippen LogP) is 4.26. The fraction of sp³-hybridized carbons (Fsp3) is 0.391. The summed E-state index contributed by atoms with van der Waals surface area (Å²) in [5.74, 6) is -0.307. The average molecular weight is 448 g/mol. The molecule has 3 rings (SSSR count). The van der Waals surface area contributed by atoms with Gasteiger partial charge < -0.3 is 15.1 Å². The van der Waals surface area contributed by atoms with Gasteiger partial charge in [-0.3, -0.25) is 9.59 Å². The summed E-state index contributed by atoms with van der Waals surface area (Å²) in [7, 11) is 3.93. The monoisotopic (exact) mass is 447 g/mol. The highest BCUT2D eigenvalue weighted by Crippen LogP contribution is 2.26. The highest BCUT2D eigenvalue weighted by molar-refractivity contribution is 6.31. The number of likely N-dealkylation sites (tertiary alicyclic amines) is 1. The number of hydrogen-bond acceptors (Lipinski definition) is 3. The van der Waals surface area contributed by atoms with Gasteiger partial charge in [0.2, 0.25) is 5.91 Å². The van der Waals surface area contributed by atoms with Crippen LogP contribution < -0.4 is 5.32 Å². The van der Waals surface area contributed by atoms with Crippen molar-refractivity contribution >= 4 is 35.0 Å². The first-order valence-corrected chi connectivity index (χ1v) is 10.9. The Morgan fingerprint density at radius 2 is 1.83 bits per heavy atom. The minimum absolute atomic E-state index is 0.0255. The lowest BCUT2D eigenvalue weighted by Gasteiger charge is -2.33. The van der Waals surface area contributed by atoms with Crippen molar-refractivity contribution in [3.63, 3.8) is 0 Å². The Morgan fingerprint density at radius 3 is 2.50 bits per heavy atom. The van der Waals surface area contributed by atoms with Gasteiger partial charge in [-0.15, -0.1) is 0 Å². The Bertz CT molecular complexity index is 886. The quantitative estimate of drug-likeness (QED) is 0.719. The molecule has 2 unspecified atom stereocenters. The van der Waals surface area contributed by atoms with Crippen LogP contribution in [0, 0.1) is 5.92 Å². The second-order valence-electron chi connectivity index (χ2n) is 7.84. The van der Waals surface area contributed by atoms with Crippen molar-refractivity contribution in [2.75, 3.05) is 33.7 Å². The van der Waals surface area contributed by atoms with Crippen LogP contribution in [0.4, 0.5) is 0 Å². The molecule has 0 spiro atoms. The largest absolute Gasteiger partial charge is 0.354 e. The van der Waals surface area contributed by atoms with Crippen LogP contribution in [-0.4, -0.2) is 55.3 Å². The number of likely N-dealkylation sites (N-methyl/N-ethyl adjacent to an activating group) is 1. The van der Waals surface area contributed by atoms with Crippen molar-refractivity contribution in [1.82, 2.24) is 15.1 Å². The molecular weight excluding hydrogens is 421 g/mol. The van der Waals surface area contributed by atoms with Crippen molar-refractivity contribution in [3.8, 4) is 0 Å². The van der Waals surface area contributed by atoms with E-state index in [9.17, 15) is 9.59 Å². The van der Waals surface area contributed by atoms with Crippen LogP contribution in [0.25, 0.3) is 0 Å². The van der Waals surface area contributed by atoms with Crippen LogP contribution in [0.2, 0.25) is 10.0 Å². The summed E-state index contributed by atoms with van der Waals surface area (Å²) in [5.41, 5.74) is 1.57. The van der Waals surface area contributed by atoms with E-state index >= 15 is 0 Å². The van der Waals surface area contributed by atoms with Gasteiger partial charge in [0, 0.05) is 35.2 Å². The van der Waals surface area contributed by atoms with E-state index in [1.807, 2.05) is 43.3 Å². The molecule has 1 N–H and O–H groups in total. The van der Waals surface area contributed by atoms with Gasteiger partial charge in [0.25, 0.3) is 5.91 Å². The van der Waals surface area contributed by atoms with Crippen LogP contribution >= 0.6 is 23.2 Å². The second-order valence-corrected chi connectivity index (χ2v) is 8.69. The molecule has 1 aliphatic heterocycles. The molecule has 160 valence electrons. The number of piperidine rings is 1. The van der Waals surface area contributed by atoms with Crippen LogP contribution in [0.15, 0.2) is 48.5 Å². The molecule has 30 heavy (non-hydrogen) atoms. The highest BCUT2D eigenvalue weighted by Gasteiger charge is 2.29. The lowest BCUT2D eigenvalue weighted by atomic mass is 9.96. The molecule has 5 nitrogen and oxygen atoms in total. The summed E-state index contributed by atoms with van der Waals surface area (Å²) < 4.78 is 0. The predicted molar refractivity (Wildman–Crippen MR) is 121 cm³/mol. The third kappa shape index (κ3) is 5.54. The molecular formula is C23H27Cl2N3O2. The SMILES string of the molecule is CN(C)C(CNC(=O)C1CCCN(C(=O)c2ccc(Cl)cc2)C1)c1ccccc1Cl. The summed E-state index contributed by atoms with van der Waals surface area (Å²) in [6, 6.07) is 14.5. The first-order chi connectivity index (χ1) is 14.4. The molecule has 0 bridgehead atoms. The normalized spacial score (nSPS) is 17.6. The maximum absolute atomic E-state index is 12.9. The first kappa shape index (κ1) is 22.6. The molecule has 0 radical (unpaired) electrons. The fourth-order valence-electron chi connectivity index (χ4n) is 3.81. The van der Waals surface area contributed by atoms with E-state index < -0.39 is 0 Å². The molecule has 0 saturated carbocycles. The Morgan fingerprint density at radius 1 is 1.13 bits per heavy atom. The van der Waals surface area contributed by atoms with Crippen LogP contribution in [0.1, 0.15) is 34.8 Å². The van der Waals surface area contributed by atoms with Crippen molar-refractivity contribution in [2.24, 2.45) is 5.92 Å². The second kappa shape index (κ2) is 10.3. The lowest BCUT2D eigenvalue weighted by Crippen LogP contribution is -2.46. The number of hydrogen-bond donors (Lipinski definition) is 1. The van der Waals surface area contributed by atoms with Crippen molar-refractivity contribution in [2.45, 2.75) is 18.9 Å².